The van der Waals surface area contributed by atoms with E-state index in [4.69, 9.17) is 5.11 Å². The number of aromatic nitrogens is 3. The van der Waals surface area contributed by atoms with Crippen LogP contribution < -0.4 is 0 Å². The van der Waals surface area contributed by atoms with Gasteiger partial charge < -0.3 is 5.11 Å². The lowest BCUT2D eigenvalue weighted by Crippen LogP contribution is -2.21. The lowest BCUT2D eigenvalue weighted by Gasteiger charge is -2.15. The predicted molar refractivity (Wildman–Crippen MR) is 94.4 cm³/mol. The van der Waals surface area contributed by atoms with Gasteiger partial charge in [-0.05, 0) is 55.1 Å². The van der Waals surface area contributed by atoms with Crippen molar-refractivity contribution in [3.63, 3.8) is 0 Å². The van der Waals surface area contributed by atoms with E-state index in [1.165, 1.54) is 0 Å². The van der Waals surface area contributed by atoms with Gasteiger partial charge in [-0.25, -0.2) is 9.78 Å². The molecule has 0 aliphatic carbocycles. The lowest BCUT2D eigenvalue weighted by molar-refractivity contribution is 0.0696. The van der Waals surface area contributed by atoms with Gasteiger partial charge in [-0.3, -0.25) is 10.00 Å². The Morgan fingerprint density at radius 1 is 1.32 bits per heavy atom. The molecule has 2 aromatic heterocycles. The second-order valence-corrected chi connectivity index (χ2v) is 6.68. The van der Waals surface area contributed by atoms with Crippen molar-refractivity contribution < 1.29 is 9.90 Å². The Kier molecular flexibility index (Phi) is 4.19. The maximum absolute atomic E-state index is 11.1. The van der Waals surface area contributed by atoms with Gasteiger partial charge in [0.15, 0.2) is 5.65 Å². The van der Waals surface area contributed by atoms with Crippen molar-refractivity contribution in [1.29, 1.82) is 0 Å². The minimum atomic E-state index is -0.866. The first-order chi connectivity index (χ1) is 12.2. The number of carboxylic acids is 1. The first-order valence-corrected chi connectivity index (χ1v) is 8.51. The van der Waals surface area contributed by atoms with Gasteiger partial charge in [-0.2, -0.15) is 5.10 Å². The van der Waals surface area contributed by atoms with Crippen molar-refractivity contribution in [2.75, 3.05) is 13.1 Å². The summed E-state index contributed by atoms with van der Waals surface area (Å²) in [6, 6.07) is 11.3. The Morgan fingerprint density at radius 2 is 2.24 bits per heavy atom. The number of nitrogens with zero attached hydrogens (tertiary/aromatic N) is 3. The second-order valence-electron chi connectivity index (χ2n) is 6.68. The smallest absolute Gasteiger partial charge is 0.335 e. The first-order valence-electron chi connectivity index (χ1n) is 8.51. The topological polar surface area (TPSA) is 82.1 Å². The van der Waals surface area contributed by atoms with E-state index in [1.54, 1.807) is 18.3 Å². The molecule has 1 atom stereocenters. The molecule has 3 aromatic rings. The average molecular weight is 336 g/mol. The van der Waals surface area contributed by atoms with Gasteiger partial charge in [0.2, 0.25) is 0 Å². The van der Waals surface area contributed by atoms with Crippen molar-refractivity contribution >= 4 is 17.0 Å². The number of carbonyl (C=O) groups is 1. The van der Waals surface area contributed by atoms with Crippen molar-refractivity contribution in [2.45, 2.75) is 19.4 Å². The molecule has 0 bridgehead atoms. The maximum atomic E-state index is 11.1. The number of carboxylic acid groups (broad SMARTS) is 1. The number of hydrogen-bond donors (Lipinski definition) is 2. The standard InChI is InChI=1S/C19H20N4O2/c24-19(25)15-4-1-3-13(10-15)9-14-6-8-23(11-14)12-17-16-5-2-7-20-18(16)22-21-17/h1-5,7,10,14H,6,8-9,11-12H2,(H,24,25)(H,20,21,22). The van der Waals surface area contributed by atoms with Crippen LogP contribution in [0.4, 0.5) is 0 Å². The number of fused-ring (bicyclic) bond motifs is 1. The van der Waals surface area contributed by atoms with Gasteiger partial charge >= 0.3 is 5.97 Å². The van der Waals surface area contributed by atoms with Gasteiger partial charge in [0.1, 0.15) is 0 Å². The summed E-state index contributed by atoms with van der Waals surface area (Å²) in [5.74, 6) is -0.314. The summed E-state index contributed by atoms with van der Waals surface area (Å²) in [5, 5.41) is 17.6. The fraction of sp³-hybridized carbons (Fsp3) is 0.316. The maximum Gasteiger partial charge on any atom is 0.335 e. The SMILES string of the molecule is O=C(O)c1cccc(CC2CCN(Cc3[nH]nc4ncccc34)C2)c1. The van der Waals surface area contributed by atoms with Gasteiger partial charge in [-0.15, -0.1) is 0 Å². The summed E-state index contributed by atoms with van der Waals surface area (Å²) >= 11 is 0. The molecule has 0 saturated carbocycles. The summed E-state index contributed by atoms with van der Waals surface area (Å²) in [7, 11) is 0. The molecule has 1 aliphatic heterocycles. The summed E-state index contributed by atoms with van der Waals surface area (Å²) < 4.78 is 0. The van der Waals surface area contributed by atoms with Crippen LogP contribution in [0, 0.1) is 5.92 Å². The molecule has 6 heteroatoms. The molecular weight excluding hydrogens is 316 g/mol. The summed E-state index contributed by atoms with van der Waals surface area (Å²) in [6.07, 6.45) is 3.80. The van der Waals surface area contributed by atoms with E-state index in [-0.39, 0.29) is 0 Å². The Labute approximate surface area is 145 Å². The Bertz CT molecular complexity index is 905. The van der Waals surface area contributed by atoms with E-state index in [1.807, 2.05) is 24.3 Å². The zero-order chi connectivity index (χ0) is 17.2. The second kappa shape index (κ2) is 6.64. The number of H-pyrrole nitrogens is 1. The highest BCUT2D eigenvalue weighted by atomic mass is 16.4. The summed E-state index contributed by atoms with van der Waals surface area (Å²) in [5.41, 5.74) is 3.34. The minimum Gasteiger partial charge on any atom is -0.478 e. The molecule has 25 heavy (non-hydrogen) atoms. The number of benzene rings is 1. The average Bonchev–Trinajstić information content (AvgIpc) is 3.23. The summed E-state index contributed by atoms with van der Waals surface area (Å²) in [6.45, 7) is 2.90. The molecule has 1 aliphatic rings. The van der Waals surface area contributed by atoms with Crippen LogP contribution in [0.25, 0.3) is 11.0 Å². The third kappa shape index (κ3) is 3.39. The van der Waals surface area contributed by atoms with Crippen LogP contribution in [0.2, 0.25) is 0 Å². The van der Waals surface area contributed by atoms with E-state index in [0.29, 0.717) is 11.5 Å². The largest absolute Gasteiger partial charge is 0.478 e. The number of aromatic amines is 1. The van der Waals surface area contributed by atoms with Crippen LogP contribution in [0.5, 0.6) is 0 Å². The quantitative estimate of drug-likeness (QED) is 0.748. The highest BCUT2D eigenvalue weighted by molar-refractivity contribution is 5.87. The van der Waals surface area contributed by atoms with E-state index in [0.717, 1.165) is 54.8 Å². The number of pyridine rings is 1. The Balaban J connectivity index is 1.40. The van der Waals surface area contributed by atoms with Gasteiger partial charge in [0.25, 0.3) is 0 Å². The van der Waals surface area contributed by atoms with Crippen LogP contribution in [-0.4, -0.2) is 44.2 Å². The highest BCUT2D eigenvalue weighted by Crippen LogP contribution is 2.24. The van der Waals surface area contributed by atoms with E-state index in [9.17, 15) is 4.79 Å². The van der Waals surface area contributed by atoms with Crippen LogP contribution in [0.15, 0.2) is 42.6 Å². The Hall–Kier alpha value is -2.73. The number of rotatable bonds is 5. The molecule has 0 radical (unpaired) electrons. The van der Waals surface area contributed by atoms with Crippen LogP contribution in [0.3, 0.4) is 0 Å². The third-order valence-corrected chi connectivity index (χ3v) is 4.86. The minimum absolute atomic E-state index is 0.365. The molecule has 0 amide bonds. The van der Waals surface area contributed by atoms with Crippen LogP contribution in [0.1, 0.15) is 28.0 Å². The van der Waals surface area contributed by atoms with Crippen molar-refractivity contribution in [3.8, 4) is 0 Å². The number of hydrogen-bond acceptors (Lipinski definition) is 4. The van der Waals surface area contributed by atoms with Crippen LogP contribution >= 0.6 is 0 Å². The fourth-order valence-corrected chi connectivity index (χ4v) is 3.63. The molecular formula is C19H20N4O2. The first kappa shape index (κ1) is 15.8. The molecule has 1 fully saturated rings. The molecule has 1 unspecified atom stereocenters. The number of nitrogens with one attached hydrogen (secondary N) is 1. The zero-order valence-electron chi connectivity index (χ0n) is 13.9. The monoisotopic (exact) mass is 336 g/mol. The van der Waals surface area contributed by atoms with E-state index < -0.39 is 5.97 Å². The zero-order valence-corrected chi connectivity index (χ0v) is 13.9. The van der Waals surface area contributed by atoms with Crippen molar-refractivity contribution in [2.24, 2.45) is 5.92 Å². The van der Waals surface area contributed by atoms with Crippen molar-refractivity contribution in [3.05, 3.63) is 59.4 Å². The molecule has 128 valence electrons. The van der Waals surface area contributed by atoms with Gasteiger partial charge in [0, 0.05) is 24.7 Å². The molecule has 0 spiro atoms. The molecule has 2 N–H and O–H groups in total. The van der Waals surface area contributed by atoms with E-state index >= 15 is 0 Å². The summed E-state index contributed by atoms with van der Waals surface area (Å²) in [4.78, 5) is 17.8. The van der Waals surface area contributed by atoms with Crippen molar-refractivity contribution in [1.82, 2.24) is 20.1 Å². The van der Waals surface area contributed by atoms with E-state index in [2.05, 4.69) is 20.1 Å². The lowest BCUT2D eigenvalue weighted by atomic mass is 9.97. The molecule has 1 saturated heterocycles. The fourth-order valence-electron chi connectivity index (χ4n) is 3.63. The molecule has 1 aromatic carbocycles. The van der Waals surface area contributed by atoms with Crippen LogP contribution in [-0.2, 0) is 13.0 Å². The van der Waals surface area contributed by atoms with Gasteiger partial charge in [-0.1, -0.05) is 12.1 Å². The Morgan fingerprint density at radius 3 is 3.12 bits per heavy atom. The number of aromatic carboxylic acids is 1. The van der Waals surface area contributed by atoms with Gasteiger partial charge in [0.05, 0.1) is 11.3 Å². The highest BCUT2D eigenvalue weighted by Gasteiger charge is 2.24. The third-order valence-electron chi connectivity index (χ3n) is 4.86. The molecule has 3 heterocycles. The number of likely N-dealkylation sites (tertiary alicyclic amines) is 1. The molecule has 6 nitrogen and oxygen atoms in total. The normalized spacial score (nSPS) is 18.0. The molecule has 4 rings (SSSR count). The predicted octanol–water partition coefficient (Wildman–Crippen LogP) is 2.72.